The van der Waals surface area contributed by atoms with Crippen LogP contribution in [-0.4, -0.2) is 41.1 Å². The maximum absolute atomic E-state index is 4.90. The summed E-state index contributed by atoms with van der Waals surface area (Å²) in [6.07, 6.45) is 6.34. The van der Waals surface area contributed by atoms with Gasteiger partial charge in [-0.2, -0.15) is 0 Å². The van der Waals surface area contributed by atoms with Crippen LogP contribution >= 0.6 is 0 Å². The van der Waals surface area contributed by atoms with Crippen LogP contribution in [0.3, 0.4) is 0 Å². The van der Waals surface area contributed by atoms with E-state index in [1.807, 2.05) is 18.2 Å². The minimum atomic E-state index is 0.772. The summed E-state index contributed by atoms with van der Waals surface area (Å²) >= 11 is 0. The number of nitrogens with zero attached hydrogens (tertiary/aromatic N) is 4. The molecule has 1 fully saturated rings. The molecule has 0 radical (unpaired) electrons. The largest absolute Gasteiger partial charge is 0.355 e. The molecule has 114 valence electrons. The zero-order valence-electron chi connectivity index (χ0n) is 12.8. The molecule has 3 heterocycles. The fourth-order valence-electron chi connectivity index (χ4n) is 3.34. The van der Waals surface area contributed by atoms with Crippen LogP contribution in [0, 0.1) is 0 Å². The molecule has 22 heavy (non-hydrogen) atoms. The first-order valence-corrected chi connectivity index (χ1v) is 8.19. The van der Waals surface area contributed by atoms with Gasteiger partial charge in [0.15, 0.2) is 5.82 Å². The van der Waals surface area contributed by atoms with Gasteiger partial charge in [-0.05, 0) is 44.4 Å². The molecule has 2 aliphatic rings. The lowest BCUT2D eigenvalue weighted by Gasteiger charge is -2.24. The van der Waals surface area contributed by atoms with Crippen LogP contribution in [0.2, 0.25) is 0 Å². The van der Waals surface area contributed by atoms with Gasteiger partial charge in [0.2, 0.25) is 0 Å². The normalized spacial score (nSPS) is 18.1. The first-order chi connectivity index (χ1) is 10.9. The molecular formula is C17H21N5. The van der Waals surface area contributed by atoms with Gasteiger partial charge in [0.25, 0.3) is 0 Å². The number of pyridine rings is 1. The maximum Gasteiger partial charge on any atom is 0.180 e. The average Bonchev–Trinajstić information content (AvgIpc) is 2.88. The van der Waals surface area contributed by atoms with Crippen LogP contribution in [0.25, 0.3) is 11.5 Å². The van der Waals surface area contributed by atoms with Crippen LogP contribution in [0.15, 0.2) is 24.4 Å². The summed E-state index contributed by atoms with van der Waals surface area (Å²) in [6.45, 7) is 4.21. The molecule has 0 spiro atoms. The number of anilines is 1. The van der Waals surface area contributed by atoms with Gasteiger partial charge in [-0.3, -0.25) is 4.98 Å². The van der Waals surface area contributed by atoms with Crippen molar-refractivity contribution in [2.45, 2.75) is 25.7 Å². The molecule has 1 aliphatic carbocycles. The van der Waals surface area contributed by atoms with E-state index < -0.39 is 0 Å². The molecule has 5 nitrogen and oxygen atoms in total. The van der Waals surface area contributed by atoms with Crippen molar-refractivity contribution in [1.29, 1.82) is 0 Å². The van der Waals surface area contributed by atoms with Crippen LogP contribution in [-0.2, 0) is 12.8 Å². The highest BCUT2D eigenvalue weighted by molar-refractivity contribution is 5.59. The molecule has 0 saturated carbocycles. The van der Waals surface area contributed by atoms with E-state index in [9.17, 15) is 0 Å². The molecule has 4 rings (SSSR count). The van der Waals surface area contributed by atoms with Gasteiger partial charge in [-0.25, -0.2) is 9.97 Å². The van der Waals surface area contributed by atoms with Crippen molar-refractivity contribution < 1.29 is 0 Å². The average molecular weight is 295 g/mol. The molecule has 1 saturated heterocycles. The molecule has 0 bridgehead atoms. The Balaban J connectivity index is 1.78. The fourth-order valence-corrected chi connectivity index (χ4v) is 3.34. The van der Waals surface area contributed by atoms with Crippen LogP contribution in [0.4, 0.5) is 5.82 Å². The number of aromatic nitrogens is 3. The predicted octanol–water partition coefficient (Wildman–Crippen LogP) is 1.83. The Kier molecular flexibility index (Phi) is 3.72. The summed E-state index contributed by atoms with van der Waals surface area (Å²) in [4.78, 5) is 16.5. The lowest BCUT2D eigenvalue weighted by molar-refractivity contribution is 0.724. The smallest absolute Gasteiger partial charge is 0.180 e. The summed E-state index contributed by atoms with van der Waals surface area (Å²) in [6, 6.07) is 5.91. The Bertz CT molecular complexity index is 648. The van der Waals surface area contributed by atoms with E-state index in [2.05, 4.69) is 15.2 Å². The van der Waals surface area contributed by atoms with Crippen LogP contribution in [0.1, 0.15) is 24.1 Å². The number of aryl methyl sites for hydroxylation is 1. The lowest BCUT2D eigenvalue weighted by Crippen LogP contribution is -2.30. The Labute approximate surface area is 130 Å². The third-order valence-corrected chi connectivity index (χ3v) is 4.44. The maximum atomic E-state index is 4.90. The van der Waals surface area contributed by atoms with E-state index in [0.29, 0.717) is 0 Å². The van der Waals surface area contributed by atoms with Crippen molar-refractivity contribution in [3.8, 4) is 11.5 Å². The standard InChI is InChI=1S/C17H21N5/c1-2-9-19-15(6-1)16-20-14-7-3-5-13(14)17(21-16)22-11-4-8-18-10-12-22/h1-2,6,9,18H,3-5,7-8,10-12H2. The molecule has 1 N–H and O–H groups in total. The molecule has 1 aliphatic heterocycles. The third-order valence-electron chi connectivity index (χ3n) is 4.44. The second-order valence-electron chi connectivity index (χ2n) is 5.96. The number of hydrogen-bond acceptors (Lipinski definition) is 5. The minimum absolute atomic E-state index is 0.772. The van der Waals surface area contributed by atoms with Gasteiger partial charge in [-0.1, -0.05) is 6.07 Å². The monoisotopic (exact) mass is 295 g/mol. The highest BCUT2D eigenvalue weighted by Crippen LogP contribution is 2.31. The van der Waals surface area contributed by atoms with Gasteiger partial charge in [-0.15, -0.1) is 0 Å². The van der Waals surface area contributed by atoms with Gasteiger partial charge in [0.05, 0.1) is 0 Å². The van der Waals surface area contributed by atoms with Gasteiger partial charge in [0, 0.05) is 37.1 Å². The van der Waals surface area contributed by atoms with E-state index in [4.69, 9.17) is 9.97 Å². The summed E-state index contributed by atoms with van der Waals surface area (Å²) in [5.74, 6) is 1.92. The zero-order valence-corrected chi connectivity index (χ0v) is 12.8. The Morgan fingerprint density at radius 2 is 2.00 bits per heavy atom. The van der Waals surface area contributed by atoms with Crippen molar-refractivity contribution in [2.24, 2.45) is 0 Å². The van der Waals surface area contributed by atoms with Crippen LogP contribution in [0.5, 0.6) is 0 Å². The Morgan fingerprint density at radius 1 is 1.00 bits per heavy atom. The van der Waals surface area contributed by atoms with Crippen molar-refractivity contribution >= 4 is 5.82 Å². The molecule has 0 amide bonds. The number of rotatable bonds is 2. The molecule has 0 aromatic carbocycles. The van der Waals surface area contributed by atoms with E-state index in [1.165, 1.54) is 17.7 Å². The Morgan fingerprint density at radius 3 is 2.91 bits per heavy atom. The second-order valence-corrected chi connectivity index (χ2v) is 5.96. The first kappa shape index (κ1) is 13.6. The van der Waals surface area contributed by atoms with Crippen molar-refractivity contribution in [3.63, 3.8) is 0 Å². The molecule has 5 heteroatoms. The summed E-state index contributed by atoms with van der Waals surface area (Å²) in [5.41, 5.74) is 3.45. The summed E-state index contributed by atoms with van der Waals surface area (Å²) < 4.78 is 0. The molecule has 2 aromatic heterocycles. The van der Waals surface area contributed by atoms with Crippen molar-refractivity contribution in [1.82, 2.24) is 20.3 Å². The van der Waals surface area contributed by atoms with E-state index in [1.54, 1.807) is 6.20 Å². The SMILES string of the molecule is c1ccc(-c2nc3c(c(N4CCCNCC4)n2)CCC3)nc1. The molecule has 0 atom stereocenters. The van der Waals surface area contributed by atoms with E-state index in [-0.39, 0.29) is 0 Å². The highest BCUT2D eigenvalue weighted by Gasteiger charge is 2.24. The van der Waals surface area contributed by atoms with E-state index >= 15 is 0 Å². The second kappa shape index (κ2) is 6.01. The van der Waals surface area contributed by atoms with Gasteiger partial charge in [0.1, 0.15) is 11.5 Å². The summed E-state index contributed by atoms with van der Waals surface area (Å²) in [7, 11) is 0. The van der Waals surface area contributed by atoms with Crippen molar-refractivity contribution in [2.75, 3.05) is 31.1 Å². The van der Waals surface area contributed by atoms with Crippen molar-refractivity contribution in [3.05, 3.63) is 35.7 Å². The van der Waals surface area contributed by atoms with Gasteiger partial charge >= 0.3 is 0 Å². The van der Waals surface area contributed by atoms with Crippen LogP contribution < -0.4 is 10.2 Å². The topological polar surface area (TPSA) is 53.9 Å². The molecule has 2 aromatic rings. The minimum Gasteiger partial charge on any atom is -0.355 e. The van der Waals surface area contributed by atoms with E-state index in [0.717, 1.165) is 62.8 Å². The summed E-state index contributed by atoms with van der Waals surface area (Å²) in [5, 5.41) is 3.46. The molecule has 0 unspecified atom stereocenters. The lowest BCUT2D eigenvalue weighted by atomic mass is 10.2. The first-order valence-electron chi connectivity index (χ1n) is 8.19. The zero-order chi connectivity index (χ0) is 14.8. The number of hydrogen-bond donors (Lipinski definition) is 1. The quantitative estimate of drug-likeness (QED) is 0.916. The highest BCUT2D eigenvalue weighted by atomic mass is 15.2. The molecular weight excluding hydrogens is 274 g/mol. The third kappa shape index (κ3) is 2.57. The number of fused-ring (bicyclic) bond motifs is 1. The fraction of sp³-hybridized carbons (Fsp3) is 0.471. The number of nitrogens with one attached hydrogen (secondary N) is 1. The predicted molar refractivity (Wildman–Crippen MR) is 87.0 cm³/mol. The Hall–Kier alpha value is -2.01. The van der Waals surface area contributed by atoms with Gasteiger partial charge < -0.3 is 10.2 Å².